The van der Waals surface area contributed by atoms with Gasteiger partial charge >= 0.3 is 6.03 Å². The molecule has 0 atom stereocenters. The van der Waals surface area contributed by atoms with Gasteiger partial charge in [0.25, 0.3) is 0 Å². The number of amides is 2. The summed E-state index contributed by atoms with van der Waals surface area (Å²) in [7, 11) is 2.19. The quantitative estimate of drug-likeness (QED) is 0.867. The molecule has 0 saturated carbocycles. The van der Waals surface area contributed by atoms with Gasteiger partial charge in [0.05, 0.1) is 6.33 Å². The molecule has 0 unspecified atom stereocenters. The van der Waals surface area contributed by atoms with Gasteiger partial charge in [-0.3, -0.25) is 4.90 Å². The minimum atomic E-state index is 0.0712. The van der Waals surface area contributed by atoms with Gasteiger partial charge < -0.3 is 19.7 Å². The minimum absolute atomic E-state index is 0.0712. The predicted octanol–water partition coefficient (Wildman–Crippen LogP) is 0.305. The first kappa shape index (κ1) is 16.3. The first-order valence-corrected chi connectivity index (χ1v) is 8.63. The summed E-state index contributed by atoms with van der Waals surface area (Å²) >= 11 is 0. The average molecular weight is 320 g/mol. The molecule has 0 radical (unpaired) electrons. The van der Waals surface area contributed by atoms with Gasteiger partial charge in [-0.15, -0.1) is 0 Å². The maximum atomic E-state index is 12.2. The van der Waals surface area contributed by atoms with Gasteiger partial charge in [-0.2, -0.15) is 0 Å². The number of rotatable bonds is 4. The minimum Gasteiger partial charge on any atom is -0.336 e. The molecule has 3 heterocycles. The Balaban J connectivity index is 1.35. The van der Waals surface area contributed by atoms with E-state index in [2.05, 4.69) is 27.1 Å². The summed E-state index contributed by atoms with van der Waals surface area (Å²) in [5, 5.41) is 3.01. The third-order valence-electron chi connectivity index (χ3n) is 5.01. The lowest BCUT2D eigenvalue weighted by molar-refractivity contribution is 0.0748. The van der Waals surface area contributed by atoms with Gasteiger partial charge in [0.15, 0.2) is 0 Å². The number of carbonyl (C=O) groups is 1. The highest BCUT2D eigenvalue weighted by Gasteiger charge is 2.28. The molecule has 7 heteroatoms. The molecule has 23 heavy (non-hydrogen) atoms. The van der Waals surface area contributed by atoms with Crippen LogP contribution >= 0.6 is 0 Å². The van der Waals surface area contributed by atoms with E-state index < -0.39 is 0 Å². The van der Waals surface area contributed by atoms with E-state index in [1.165, 1.54) is 0 Å². The number of hydrogen-bond acceptors (Lipinski definition) is 4. The molecule has 1 N–H and O–H groups in total. The Kier molecular flexibility index (Phi) is 5.51. The number of nitrogens with zero attached hydrogens (tertiary/aromatic N) is 5. The van der Waals surface area contributed by atoms with Crippen LogP contribution in [0.1, 0.15) is 12.8 Å². The highest BCUT2D eigenvalue weighted by atomic mass is 16.2. The molecule has 0 bridgehead atoms. The molecule has 0 aromatic carbocycles. The van der Waals surface area contributed by atoms with Gasteiger partial charge in [0.1, 0.15) is 0 Å². The van der Waals surface area contributed by atoms with E-state index in [1.54, 1.807) is 12.5 Å². The smallest absolute Gasteiger partial charge is 0.317 e. The topological polar surface area (TPSA) is 56.6 Å². The number of piperidine rings is 1. The zero-order chi connectivity index (χ0) is 16.1. The molecular formula is C16H28N6O. The Morgan fingerprint density at radius 3 is 2.57 bits per heavy atom. The van der Waals surface area contributed by atoms with Crippen molar-refractivity contribution in [3.05, 3.63) is 18.7 Å². The molecule has 2 amide bonds. The highest BCUT2D eigenvalue weighted by molar-refractivity contribution is 5.74. The van der Waals surface area contributed by atoms with E-state index in [1.807, 2.05) is 15.7 Å². The van der Waals surface area contributed by atoms with Crippen molar-refractivity contribution in [2.45, 2.75) is 25.4 Å². The number of carbonyl (C=O) groups excluding carboxylic acids is 1. The predicted molar refractivity (Wildman–Crippen MR) is 89.3 cm³/mol. The summed E-state index contributed by atoms with van der Waals surface area (Å²) in [6, 6.07) is 0.723. The largest absolute Gasteiger partial charge is 0.336 e. The van der Waals surface area contributed by atoms with Crippen LogP contribution in [0.4, 0.5) is 4.79 Å². The van der Waals surface area contributed by atoms with Gasteiger partial charge in [-0.25, -0.2) is 9.78 Å². The summed E-state index contributed by atoms with van der Waals surface area (Å²) in [5.41, 5.74) is 0. The van der Waals surface area contributed by atoms with E-state index >= 15 is 0 Å². The van der Waals surface area contributed by atoms with Crippen molar-refractivity contribution in [1.82, 2.24) is 29.6 Å². The Morgan fingerprint density at radius 2 is 1.91 bits per heavy atom. The third kappa shape index (κ3) is 4.45. The number of urea groups is 1. The summed E-state index contributed by atoms with van der Waals surface area (Å²) in [4.78, 5) is 23.2. The van der Waals surface area contributed by atoms with Crippen LogP contribution in [0.5, 0.6) is 0 Å². The van der Waals surface area contributed by atoms with Crippen molar-refractivity contribution in [3.8, 4) is 0 Å². The van der Waals surface area contributed by atoms with E-state index in [4.69, 9.17) is 0 Å². The lowest BCUT2D eigenvalue weighted by Crippen LogP contribution is -2.54. The van der Waals surface area contributed by atoms with Gasteiger partial charge in [-0.05, 0) is 19.9 Å². The molecule has 0 spiro atoms. The number of likely N-dealkylation sites (tertiary alicyclic amines) is 1. The SMILES string of the molecule is CN1CCN(C2CCN(C(=O)NCCn3ccnc3)CC2)CC1. The molecule has 0 aliphatic carbocycles. The maximum Gasteiger partial charge on any atom is 0.317 e. The number of aromatic nitrogens is 2. The summed E-state index contributed by atoms with van der Waals surface area (Å²) in [6.07, 6.45) is 7.63. The molecule has 128 valence electrons. The van der Waals surface area contributed by atoms with E-state index in [0.717, 1.165) is 58.7 Å². The van der Waals surface area contributed by atoms with Crippen LogP contribution in [0.25, 0.3) is 0 Å². The fourth-order valence-electron chi connectivity index (χ4n) is 3.44. The standard InChI is InChI=1S/C16H28N6O/c1-19-10-12-21(13-11-19)15-2-6-22(7-3-15)16(23)18-5-9-20-8-4-17-14-20/h4,8,14-15H,2-3,5-7,9-13H2,1H3,(H,18,23). The Labute approximate surface area is 138 Å². The fourth-order valence-corrected chi connectivity index (χ4v) is 3.44. The van der Waals surface area contributed by atoms with Crippen molar-refractivity contribution in [2.24, 2.45) is 0 Å². The zero-order valence-electron chi connectivity index (χ0n) is 14.0. The molecule has 7 nitrogen and oxygen atoms in total. The number of piperazine rings is 1. The summed E-state index contributed by atoms with van der Waals surface area (Å²) in [5.74, 6) is 0. The second kappa shape index (κ2) is 7.79. The monoisotopic (exact) mass is 320 g/mol. The van der Waals surface area contributed by atoms with Crippen LogP contribution in [0.15, 0.2) is 18.7 Å². The Hall–Kier alpha value is -1.60. The van der Waals surface area contributed by atoms with Crippen LogP contribution < -0.4 is 5.32 Å². The van der Waals surface area contributed by atoms with Crippen LogP contribution in [0, 0.1) is 0 Å². The molecule has 2 aliphatic rings. The zero-order valence-corrected chi connectivity index (χ0v) is 14.0. The molecule has 2 saturated heterocycles. The molecule has 3 rings (SSSR count). The molecule has 2 fully saturated rings. The van der Waals surface area contributed by atoms with Gasteiger partial charge in [0.2, 0.25) is 0 Å². The highest BCUT2D eigenvalue weighted by Crippen LogP contribution is 2.18. The number of imidazole rings is 1. The molecule has 2 aliphatic heterocycles. The first-order valence-electron chi connectivity index (χ1n) is 8.63. The van der Waals surface area contributed by atoms with Gasteiger partial charge in [-0.1, -0.05) is 0 Å². The normalized spacial score (nSPS) is 21.5. The average Bonchev–Trinajstić information content (AvgIpc) is 3.09. The first-order chi connectivity index (χ1) is 11.2. The van der Waals surface area contributed by atoms with Crippen LogP contribution in [-0.4, -0.2) is 89.2 Å². The van der Waals surface area contributed by atoms with Crippen LogP contribution in [-0.2, 0) is 6.54 Å². The molecular weight excluding hydrogens is 292 g/mol. The van der Waals surface area contributed by atoms with E-state index in [0.29, 0.717) is 12.6 Å². The second-order valence-corrected chi connectivity index (χ2v) is 6.59. The lowest BCUT2D eigenvalue weighted by Gasteiger charge is -2.42. The molecule has 1 aromatic heterocycles. The number of hydrogen-bond donors (Lipinski definition) is 1. The van der Waals surface area contributed by atoms with Gasteiger partial charge in [0, 0.05) is 70.8 Å². The van der Waals surface area contributed by atoms with E-state index in [-0.39, 0.29) is 6.03 Å². The fraction of sp³-hybridized carbons (Fsp3) is 0.750. The van der Waals surface area contributed by atoms with Crippen molar-refractivity contribution >= 4 is 6.03 Å². The second-order valence-electron chi connectivity index (χ2n) is 6.59. The Bertz CT molecular complexity index is 475. The van der Waals surface area contributed by atoms with Crippen molar-refractivity contribution in [1.29, 1.82) is 0 Å². The Morgan fingerprint density at radius 1 is 1.17 bits per heavy atom. The maximum absolute atomic E-state index is 12.2. The number of nitrogens with one attached hydrogen (secondary N) is 1. The van der Waals surface area contributed by atoms with Crippen LogP contribution in [0.2, 0.25) is 0 Å². The third-order valence-corrected chi connectivity index (χ3v) is 5.01. The van der Waals surface area contributed by atoms with E-state index in [9.17, 15) is 4.79 Å². The van der Waals surface area contributed by atoms with Crippen molar-refractivity contribution in [3.63, 3.8) is 0 Å². The summed E-state index contributed by atoms with van der Waals surface area (Å²) < 4.78 is 1.97. The summed E-state index contributed by atoms with van der Waals surface area (Å²) in [6.45, 7) is 7.80. The van der Waals surface area contributed by atoms with Crippen LogP contribution in [0.3, 0.4) is 0 Å². The lowest BCUT2D eigenvalue weighted by atomic mass is 10.0. The van der Waals surface area contributed by atoms with Crippen molar-refractivity contribution in [2.75, 3.05) is 52.9 Å². The number of likely N-dealkylation sites (N-methyl/N-ethyl adjacent to an activating group) is 1. The van der Waals surface area contributed by atoms with Crippen molar-refractivity contribution < 1.29 is 4.79 Å². The molecule has 1 aromatic rings.